The molecule has 0 radical (unpaired) electrons. The van der Waals surface area contributed by atoms with Gasteiger partial charge in [-0.25, -0.2) is 0 Å². The van der Waals surface area contributed by atoms with Crippen LogP contribution in [0.2, 0.25) is 0 Å². The lowest BCUT2D eigenvalue weighted by atomic mass is 9.63. The summed E-state index contributed by atoms with van der Waals surface area (Å²) in [7, 11) is 0. The summed E-state index contributed by atoms with van der Waals surface area (Å²) in [6.07, 6.45) is 5.29. The van der Waals surface area contributed by atoms with Crippen LogP contribution in [0.15, 0.2) is 42.0 Å². The van der Waals surface area contributed by atoms with Gasteiger partial charge in [0.05, 0.1) is 0 Å². The van der Waals surface area contributed by atoms with Gasteiger partial charge in [-0.1, -0.05) is 35.9 Å². The number of rotatable bonds is 3. The normalized spacial score (nSPS) is 29.9. The summed E-state index contributed by atoms with van der Waals surface area (Å²) in [6, 6.07) is 11.0. The highest BCUT2D eigenvalue weighted by Gasteiger charge is 2.43. The Morgan fingerprint density at radius 1 is 1.28 bits per heavy atom. The summed E-state index contributed by atoms with van der Waals surface area (Å²) in [4.78, 5) is 11.5. The van der Waals surface area contributed by atoms with Gasteiger partial charge in [-0.2, -0.15) is 0 Å². The first-order chi connectivity index (χ1) is 8.74. The summed E-state index contributed by atoms with van der Waals surface area (Å²) in [5, 5.41) is 3.12. The average molecular weight is 241 g/mol. The van der Waals surface area contributed by atoms with Crippen molar-refractivity contribution in [2.75, 3.05) is 0 Å². The molecule has 94 valence electrons. The lowest BCUT2D eigenvalue weighted by Gasteiger charge is -2.48. The second kappa shape index (κ2) is 4.60. The second-order valence-electron chi connectivity index (χ2n) is 5.55. The minimum Gasteiger partial charge on any atom is -0.349 e. The average Bonchev–Trinajstić information content (AvgIpc) is 2.34. The second-order valence-corrected chi connectivity index (χ2v) is 5.55. The fourth-order valence-corrected chi connectivity index (χ4v) is 3.25. The molecule has 0 unspecified atom stereocenters. The molecule has 2 nitrogen and oxygen atoms in total. The molecule has 1 aliphatic carbocycles. The fourth-order valence-electron chi connectivity index (χ4n) is 3.25. The zero-order chi connectivity index (χ0) is 12.5. The highest BCUT2D eigenvalue weighted by Crippen LogP contribution is 2.43. The van der Waals surface area contributed by atoms with Crippen molar-refractivity contribution in [1.82, 2.24) is 5.32 Å². The molecule has 2 aliphatic rings. The molecule has 3 rings (SSSR count). The van der Waals surface area contributed by atoms with Crippen molar-refractivity contribution in [3.63, 3.8) is 0 Å². The summed E-state index contributed by atoms with van der Waals surface area (Å²) >= 11 is 0. The van der Waals surface area contributed by atoms with Crippen LogP contribution in [0.25, 0.3) is 0 Å². The van der Waals surface area contributed by atoms with Crippen molar-refractivity contribution in [3.05, 3.63) is 47.5 Å². The lowest BCUT2D eigenvalue weighted by Crippen LogP contribution is -2.56. The van der Waals surface area contributed by atoms with Gasteiger partial charge in [-0.05, 0) is 37.7 Å². The van der Waals surface area contributed by atoms with Crippen molar-refractivity contribution in [2.24, 2.45) is 11.8 Å². The van der Waals surface area contributed by atoms with Crippen LogP contribution in [0.4, 0.5) is 0 Å². The zero-order valence-electron chi connectivity index (χ0n) is 10.7. The molecule has 0 saturated heterocycles. The predicted molar refractivity (Wildman–Crippen MR) is 72.0 cm³/mol. The van der Waals surface area contributed by atoms with E-state index in [1.807, 2.05) is 0 Å². The molecule has 1 saturated carbocycles. The van der Waals surface area contributed by atoms with E-state index < -0.39 is 0 Å². The Labute approximate surface area is 108 Å². The van der Waals surface area contributed by atoms with Gasteiger partial charge in [-0.15, -0.1) is 0 Å². The van der Waals surface area contributed by atoms with Crippen molar-refractivity contribution in [2.45, 2.75) is 32.2 Å². The van der Waals surface area contributed by atoms with Gasteiger partial charge in [0.15, 0.2) is 0 Å². The molecule has 0 aromatic heterocycles. The molecule has 0 spiro atoms. The van der Waals surface area contributed by atoms with Crippen LogP contribution in [-0.4, -0.2) is 11.9 Å². The quantitative estimate of drug-likeness (QED) is 0.866. The molecule has 1 heterocycles. The smallest absolute Gasteiger partial charge is 0.244 e. The van der Waals surface area contributed by atoms with E-state index in [9.17, 15) is 4.79 Å². The molecule has 3 atom stereocenters. The third-order valence-corrected chi connectivity index (χ3v) is 4.40. The van der Waals surface area contributed by atoms with E-state index >= 15 is 0 Å². The molecule has 2 heteroatoms. The van der Waals surface area contributed by atoms with Crippen LogP contribution in [0.5, 0.6) is 0 Å². The van der Waals surface area contributed by atoms with Crippen LogP contribution < -0.4 is 5.32 Å². The van der Waals surface area contributed by atoms with Crippen LogP contribution >= 0.6 is 0 Å². The summed E-state index contributed by atoms with van der Waals surface area (Å²) < 4.78 is 0. The maximum absolute atomic E-state index is 11.5. The number of amides is 1. The van der Waals surface area contributed by atoms with E-state index in [-0.39, 0.29) is 5.91 Å². The minimum atomic E-state index is 0.0955. The monoisotopic (exact) mass is 241 g/mol. The Bertz CT molecular complexity index is 477. The highest BCUT2D eigenvalue weighted by molar-refractivity contribution is 5.89. The fraction of sp³-hybridized carbons (Fsp3) is 0.438. The molecule has 1 amide bonds. The molecule has 1 fully saturated rings. The number of fused-ring (bicyclic) bond motifs is 1. The topological polar surface area (TPSA) is 29.1 Å². The maximum Gasteiger partial charge on any atom is 0.244 e. The number of hydrogen-bond donors (Lipinski definition) is 1. The molecular formula is C16H19NO. The summed E-state index contributed by atoms with van der Waals surface area (Å²) in [5.41, 5.74) is 2.66. The van der Waals surface area contributed by atoms with Gasteiger partial charge < -0.3 is 5.32 Å². The lowest BCUT2D eigenvalue weighted by molar-refractivity contribution is -0.120. The number of carbonyl (C=O) groups is 1. The molecular weight excluding hydrogens is 222 g/mol. The number of nitrogens with one attached hydrogen (secondary N) is 1. The van der Waals surface area contributed by atoms with E-state index in [0.29, 0.717) is 17.9 Å². The van der Waals surface area contributed by atoms with Crippen LogP contribution in [0, 0.1) is 11.8 Å². The number of carbonyl (C=O) groups excluding carboxylic acids is 1. The van der Waals surface area contributed by atoms with E-state index in [0.717, 1.165) is 6.42 Å². The van der Waals surface area contributed by atoms with Gasteiger partial charge in [-0.3, -0.25) is 4.79 Å². The molecule has 1 N–H and O–H groups in total. The Hall–Kier alpha value is -1.57. The van der Waals surface area contributed by atoms with Gasteiger partial charge >= 0.3 is 0 Å². The van der Waals surface area contributed by atoms with Gasteiger partial charge in [0.25, 0.3) is 0 Å². The van der Waals surface area contributed by atoms with Gasteiger partial charge in [0, 0.05) is 18.0 Å². The largest absolute Gasteiger partial charge is 0.349 e. The van der Waals surface area contributed by atoms with Crippen molar-refractivity contribution in [1.29, 1.82) is 0 Å². The van der Waals surface area contributed by atoms with E-state index in [2.05, 4.69) is 42.6 Å². The number of aryl methyl sites for hydroxylation is 1. The third-order valence-electron chi connectivity index (χ3n) is 4.40. The molecule has 1 aliphatic heterocycles. The first-order valence-corrected chi connectivity index (χ1v) is 6.76. The number of benzene rings is 1. The van der Waals surface area contributed by atoms with Crippen LogP contribution in [0.3, 0.4) is 0 Å². The van der Waals surface area contributed by atoms with Crippen molar-refractivity contribution in [3.8, 4) is 0 Å². The van der Waals surface area contributed by atoms with Crippen LogP contribution in [0.1, 0.15) is 25.3 Å². The van der Waals surface area contributed by atoms with Gasteiger partial charge in [0.2, 0.25) is 5.91 Å². The molecule has 18 heavy (non-hydrogen) atoms. The minimum absolute atomic E-state index is 0.0955. The van der Waals surface area contributed by atoms with E-state index in [1.165, 1.54) is 24.0 Å². The predicted octanol–water partition coefficient (Wildman–Crippen LogP) is 2.70. The maximum atomic E-state index is 11.5. The first kappa shape index (κ1) is 11.5. The van der Waals surface area contributed by atoms with Crippen molar-refractivity contribution >= 4 is 5.91 Å². The summed E-state index contributed by atoms with van der Waals surface area (Å²) in [6.45, 7) is 2.09. The zero-order valence-corrected chi connectivity index (χ0v) is 10.7. The van der Waals surface area contributed by atoms with E-state index in [1.54, 1.807) is 6.08 Å². The highest BCUT2D eigenvalue weighted by atomic mass is 16.1. The summed E-state index contributed by atoms with van der Waals surface area (Å²) in [5.74, 6) is 1.35. The third kappa shape index (κ3) is 2.07. The Morgan fingerprint density at radius 2 is 2.06 bits per heavy atom. The SMILES string of the molecule is CC1=CC(=O)N[C@@H]2[C@@H](CCc3ccccc3)C[C@H]12. The number of hydrogen-bond acceptors (Lipinski definition) is 1. The first-order valence-electron chi connectivity index (χ1n) is 6.76. The standard InChI is InChI=1S/C16H19NO/c1-11-9-15(18)17-16-13(10-14(11)16)8-7-12-5-3-2-4-6-12/h2-6,9,13-14,16H,7-8,10H2,1H3,(H,17,18)/t13-,14+,16+/m0/s1. The Morgan fingerprint density at radius 3 is 2.83 bits per heavy atom. The molecule has 1 aromatic carbocycles. The van der Waals surface area contributed by atoms with E-state index in [4.69, 9.17) is 0 Å². The Kier molecular flexibility index (Phi) is 2.94. The molecule has 0 bridgehead atoms. The Balaban J connectivity index is 1.58. The van der Waals surface area contributed by atoms with Crippen LogP contribution in [-0.2, 0) is 11.2 Å². The van der Waals surface area contributed by atoms with Gasteiger partial charge in [0.1, 0.15) is 0 Å². The molecule has 1 aromatic rings. The van der Waals surface area contributed by atoms with Crippen molar-refractivity contribution < 1.29 is 4.79 Å².